The second-order valence-corrected chi connectivity index (χ2v) is 36.9. The summed E-state index contributed by atoms with van der Waals surface area (Å²) in [6.07, 6.45) is 24.8. The molecule has 2 fully saturated rings. The quantitative estimate of drug-likeness (QED) is 0.0161. The van der Waals surface area contributed by atoms with Crippen LogP contribution in [0.4, 0.5) is 47.1 Å². The maximum atomic E-state index is 13.7. The number of nitrogens with zero attached hydrogens (tertiary/aromatic N) is 21. The van der Waals surface area contributed by atoms with E-state index in [1.807, 2.05) is 61.6 Å². The number of H-pyrrole nitrogens is 4. The topological polar surface area (TPSA) is 537 Å². The van der Waals surface area contributed by atoms with E-state index < -0.39 is 0 Å². The number of rotatable bonds is 28. The lowest BCUT2D eigenvalue weighted by Gasteiger charge is -2.25. The predicted octanol–water partition coefficient (Wildman–Crippen LogP) is 12.6. The number of aryl methyl sites for hydroxylation is 5. The van der Waals surface area contributed by atoms with Crippen LogP contribution in [0.15, 0.2) is 49.6 Å². The van der Waals surface area contributed by atoms with E-state index in [1.54, 1.807) is 96.1 Å². The molecule has 0 aliphatic carbocycles. The van der Waals surface area contributed by atoms with E-state index in [4.69, 9.17) is 97.8 Å². The first kappa shape index (κ1) is 102. The molecule has 12 aromatic rings. The summed E-state index contributed by atoms with van der Waals surface area (Å²) in [7, 11) is 6.45. The van der Waals surface area contributed by atoms with Crippen molar-refractivity contribution in [2.24, 2.45) is 11.8 Å². The highest BCUT2D eigenvalue weighted by atomic mass is 35.5. The Balaban J connectivity index is 0.000000143. The van der Waals surface area contributed by atoms with Crippen molar-refractivity contribution < 1.29 is 47.6 Å². The van der Waals surface area contributed by atoms with Gasteiger partial charge in [-0.15, -0.1) is 0 Å². The van der Waals surface area contributed by atoms with Gasteiger partial charge in [-0.25, -0.2) is 39.9 Å². The number of nitrogen functional groups attached to an aromatic ring is 4. The Morgan fingerprint density at radius 3 is 1.01 bits per heavy atom. The number of hydrogen-bond acceptors (Lipinski definition) is 33. The molecule has 18 heterocycles. The molecule has 0 unspecified atom stereocenters. The molecule has 744 valence electrons. The SMILES string of the molecule is COc1c(C)cnc(CN2C(=O)/C(=C\c3ncc(CCC4CCOCC4)[nH]3)c3c(Cl)nc(N)nc32)c1C.COc1c(C)cnc(CN2C(=O)/C(=C\c3ncc(CN4CCOCC4)[nH]3)c3c(Cl)nc(N)nc32)c1C.COc1c(C)cnc(CN2C(=O)/C(=C\c3ncc(CNC(C)C)[nH]3)c3c(Cl)nc(N)nc32)c1C.COc1c(C)cnc(CN2C(=O)/C(=C\c3ncc(CNCC(C)C)[nH]3)c3c(Cl)nc(N)nc32)c1C. The molecule has 14 N–H and O–H groups in total. The minimum Gasteiger partial charge on any atom is -0.496 e. The summed E-state index contributed by atoms with van der Waals surface area (Å²) in [5.74, 6) is 6.41. The van der Waals surface area contributed by atoms with Crippen molar-refractivity contribution in [3.05, 3.63) is 206 Å². The first-order valence-electron chi connectivity index (χ1n) is 46.0. The van der Waals surface area contributed by atoms with Gasteiger partial charge in [-0.2, -0.15) is 19.9 Å². The third-order valence-corrected chi connectivity index (χ3v) is 25.7. The maximum Gasteiger partial charge on any atom is 0.260 e. The number of anilines is 8. The zero-order valence-electron chi connectivity index (χ0n) is 81.7. The molecule has 4 amide bonds. The highest BCUT2D eigenvalue weighted by molar-refractivity contribution is 6.44. The number of hydrogen-bond donors (Lipinski definition) is 10. The Kier molecular flexibility index (Phi) is 32.3. The van der Waals surface area contributed by atoms with Gasteiger partial charge >= 0.3 is 0 Å². The number of fused-ring (bicyclic) bond motifs is 4. The normalized spacial score (nSPS) is 15.8. The number of amides is 4. The number of imidazole rings is 4. The van der Waals surface area contributed by atoms with Crippen LogP contribution >= 0.6 is 46.4 Å². The number of nitrogens with two attached hydrogens (primary N) is 4. The molecule has 18 rings (SSSR count). The summed E-state index contributed by atoms with van der Waals surface area (Å²) in [5.41, 5.74) is 40.0. The van der Waals surface area contributed by atoms with E-state index in [9.17, 15) is 19.2 Å². The molecule has 0 atom stereocenters. The number of halogens is 4. The van der Waals surface area contributed by atoms with Gasteiger partial charge in [0.2, 0.25) is 23.8 Å². The second kappa shape index (κ2) is 44.8. The van der Waals surface area contributed by atoms with Crippen LogP contribution in [0.25, 0.3) is 46.6 Å². The lowest BCUT2D eigenvalue weighted by atomic mass is 9.94. The van der Waals surface area contributed by atoms with Crippen LogP contribution in [0.1, 0.15) is 183 Å². The number of morpholine rings is 1. The summed E-state index contributed by atoms with van der Waals surface area (Å²) in [6, 6.07) is 0.334. The molecule has 142 heavy (non-hydrogen) atoms. The second-order valence-electron chi connectivity index (χ2n) is 35.5. The number of ether oxygens (including phenoxy) is 6. The summed E-state index contributed by atoms with van der Waals surface area (Å²) in [6.45, 7) is 32.1. The van der Waals surface area contributed by atoms with Gasteiger partial charge in [0.1, 0.15) is 66.9 Å². The fraction of sp³-hybridized carbons (Fsp3) is 0.381. The zero-order chi connectivity index (χ0) is 101. The Morgan fingerprint density at radius 2 is 0.697 bits per heavy atom. The van der Waals surface area contributed by atoms with Gasteiger partial charge < -0.3 is 81.9 Å². The Bertz CT molecular complexity index is 6920. The van der Waals surface area contributed by atoms with Crippen LogP contribution in [0.3, 0.4) is 0 Å². The van der Waals surface area contributed by atoms with Gasteiger partial charge in [-0.05, 0) is 124 Å². The molecular formula is C97H113Cl4N31O10. The van der Waals surface area contributed by atoms with Crippen LogP contribution < -0.4 is 72.1 Å². The molecule has 6 aliphatic heterocycles. The smallest absolute Gasteiger partial charge is 0.260 e. The van der Waals surface area contributed by atoms with Crippen molar-refractivity contribution >= 4 is 164 Å². The third-order valence-electron chi connectivity index (χ3n) is 24.6. The zero-order valence-corrected chi connectivity index (χ0v) is 84.7. The van der Waals surface area contributed by atoms with Crippen molar-refractivity contribution in [3.63, 3.8) is 0 Å². The summed E-state index contributed by atoms with van der Waals surface area (Å²) < 4.78 is 33.0. The molecule has 0 aromatic carbocycles. The highest BCUT2D eigenvalue weighted by Gasteiger charge is 2.43. The number of carbonyl (C=O) groups excluding carboxylic acids is 4. The average Bonchev–Trinajstić information content (AvgIpc) is 1.61. The van der Waals surface area contributed by atoms with E-state index in [1.165, 1.54) is 19.6 Å². The third kappa shape index (κ3) is 22.8. The van der Waals surface area contributed by atoms with Crippen molar-refractivity contribution in [2.45, 2.75) is 161 Å². The minimum atomic E-state index is -0.296. The van der Waals surface area contributed by atoms with E-state index in [0.29, 0.717) is 145 Å². The number of aromatic amines is 4. The molecule has 41 nitrogen and oxygen atoms in total. The molecule has 2 saturated heterocycles. The van der Waals surface area contributed by atoms with E-state index >= 15 is 0 Å². The van der Waals surface area contributed by atoms with Crippen molar-refractivity contribution in [1.82, 2.24) is 115 Å². The molecule has 0 bridgehead atoms. The Labute approximate surface area is 839 Å². The summed E-state index contributed by atoms with van der Waals surface area (Å²) in [4.78, 5) is 145. The Morgan fingerprint density at radius 1 is 0.401 bits per heavy atom. The van der Waals surface area contributed by atoms with E-state index in [0.717, 1.165) is 169 Å². The first-order chi connectivity index (χ1) is 68.1. The molecule has 12 aromatic heterocycles. The fourth-order valence-electron chi connectivity index (χ4n) is 17.4. The molecule has 0 radical (unpaired) electrons. The lowest BCUT2D eigenvalue weighted by Crippen LogP contribution is -2.35. The van der Waals surface area contributed by atoms with Gasteiger partial charge in [0.25, 0.3) is 23.6 Å². The van der Waals surface area contributed by atoms with Gasteiger partial charge in [0.05, 0.1) is 135 Å². The standard InChI is InChI=1S/C26H30ClN7O3.C24H27ClN8O3.C24H29ClN8O2.C23H27ClN8O2/c1-14-11-29-19(15(2)22(14)36-3)13-34-24-21(23(27)32-26(28)33-24)18(25(34)35)10-20-30-12-17(31-20)5-4-16-6-8-37-9-7-16;1-13-9-27-17(14(2)20(13)35-3)12-33-22-19(21(25)30-24(26)31-22)16(23(33)34)8-18-28-10-15(29-18)11-32-4-6-36-7-5-32;1-12(2)7-27-9-15-10-29-18(30-15)6-16-19-21(25)31-24(26)32-22(19)33(23(16)34)11-17-14(4)20(35-5)13(3)8-28-17;1-11(2)26-8-14-9-28-17(29-14)6-15-18-20(24)30-23(25)31-21(18)32(22(15)33)10-16-13(4)19(34-5)12(3)7-27-16/h10-12,16H,4-9,13H2,1-3H3,(H,30,31)(H2,28,32,33);8-10H,4-7,11-12H2,1-3H3,(H,28,29)(H2,26,30,31);6,8,10,12,27H,7,9,11H2,1-5H3,(H,29,30)(H2,26,31,32);6-7,9,11,26H,8,10H2,1-5H3,(H,28,29)(H2,25,30,31)/b18-10-;16-8-;16-6-;15-6-. The van der Waals surface area contributed by atoms with Crippen LogP contribution in [-0.2, 0) is 80.9 Å². The predicted molar refractivity (Wildman–Crippen MR) is 544 cm³/mol. The largest absolute Gasteiger partial charge is 0.496 e. The number of carbonyl (C=O) groups is 4. The molecule has 45 heteroatoms. The Hall–Kier alpha value is -14.0. The summed E-state index contributed by atoms with van der Waals surface area (Å²) >= 11 is 25.8. The number of nitrogens with one attached hydrogen (secondary N) is 6. The lowest BCUT2D eigenvalue weighted by molar-refractivity contribution is -0.113. The van der Waals surface area contributed by atoms with Gasteiger partial charge in [0, 0.05) is 169 Å². The van der Waals surface area contributed by atoms with E-state index in [-0.39, 0.29) is 94.2 Å². The van der Waals surface area contributed by atoms with Crippen LogP contribution in [0.2, 0.25) is 20.6 Å². The number of aromatic nitrogens is 20. The minimum absolute atomic E-state index is 0.0117. The van der Waals surface area contributed by atoms with Gasteiger partial charge in [0.15, 0.2) is 23.3 Å². The van der Waals surface area contributed by atoms with Crippen molar-refractivity contribution in [3.8, 4) is 23.0 Å². The highest BCUT2D eigenvalue weighted by Crippen LogP contribution is 2.47. The molecule has 0 saturated carbocycles. The number of pyridine rings is 4. The molecule has 6 aliphatic rings. The maximum absolute atomic E-state index is 13.7. The number of methoxy groups -OCH3 is 4. The monoisotopic (exact) mass is 2010 g/mol. The van der Waals surface area contributed by atoms with Gasteiger partial charge in [-0.1, -0.05) is 74.1 Å². The van der Waals surface area contributed by atoms with Crippen LogP contribution in [-0.4, -0.2) is 209 Å². The average molecular weight is 2010 g/mol. The van der Waals surface area contributed by atoms with Crippen molar-refractivity contribution in [2.75, 3.05) is 117 Å². The first-order valence-corrected chi connectivity index (χ1v) is 47.5. The fourth-order valence-corrected chi connectivity index (χ4v) is 18.5. The summed E-state index contributed by atoms with van der Waals surface area (Å²) in [5, 5.41) is 7.10. The van der Waals surface area contributed by atoms with Crippen LogP contribution in [0.5, 0.6) is 23.0 Å². The molecular weight excluding hydrogens is 1900 g/mol. The molecule has 0 spiro atoms. The van der Waals surface area contributed by atoms with Gasteiger partial charge in [-0.3, -0.25) is 63.6 Å². The van der Waals surface area contributed by atoms with E-state index in [2.05, 4.69) is 143 Å². The van der Waals surface area contributed by atoms with Crippen LogP contribution in [0, 0.1) is 67.2 Å². The van der Waals surface area contributed by atoms with Crippen molar-refractivity contribution in [1.29, 1.82) is 0 Å².